The van der Waals surface area contributed by atoms with Crippen LogP contribution in [0.3, 0.4) is 0 Å². The molecule has 0 bridgehead atoms. The second kappa shape index (κ2) is 7.10. The molecule has 1 atom stereocenters. The number of nitrogens with zero attached hydrogens (tertiary/aromatic N) is 1. The molecule has 2 fully saturated rings. The van der Waals surface area contributed by atoms with Crippen molar-refractivity contribution < 1.29 is 9.53 Å². The lowest BCUT2D eigenvalue weighted by molar-refractivity contribution is -0.136. The highest BCUT2D eigenvalue weighted by Crippen LogP contribution is 2.22. The molecule has 4 nitrogen and oxygen atoms in total. The van der Waals surface area contributed by atoms with Gasteiger partial charge in [-0.05, 0) is 44.9 Å². The highest BCUT2D eigenvalue weighted by molar-refractivity contribution is 5.82. The first kappa shape index (κ1) is 13.8. The van der Waals surface area contributed by atoms with Crippen LogP contribution in [-0.4, -0.2) is 49.7 Å². The van der Waals surface area contributed by atoms with Crippen LogP contribution in [0.25, 0.3) is 0 Å². The Labute approximate surface area is 110 Å². The Balaban J connectivity index is 1.65. The maximum absolute atomic E-state index is 12.2. The molecule has 1 heterocycles. The van der Waals surface area contributed by atoms with Gasteiger partial charge in [0.05, 0.1) is 6.04 Å². The zero-order valence-electron chi connectivity index (χ0n) is 11.5. The van der Waals surface area contributed by atoms with Crippen LogP contribution >= 0.6 is 0 Å². The van der Waals surface area contributed by atoms with Crippen LogP contribution in [-0.2, 0) is 9.53 Å². The Morgan fingerprint density at radius 2 is 2.11 bits per heavy atom. The molecule has 4 heteroatoms. The number of unbranched alkanes of at least 4 members (excludes halogenated alkanes) is 2. The summed E-state index contributed by atoms with van der Waals surface area (Å²) in [6.07, 6.45) is 8.02. The molecule has 1 saturated heterocycles. The van der Waals surface area contributed by atoms with E-state index in [4.69, 9.17) is 4.74 Å². The summed E-state index contributed by atoms with van der Waals surface area (Å²) in [6.45, 7) is 2.71. The number of carbonyl (C=O) groups excluding carboxylic acids is 1. The van der Waals surface area contributed by atoms with Gasteiger partial charge < -0.3 is 15.0 Å². The number of methoxy groups -OCH3 is 1. The van der Waals surface area contributed by atoms with Crippen molar-refractivity contribution in [1.29, 1.82) is 0 Å². The third kappa shape index (κ3) is 4.25. The highest BCUT2D eigenvalue weighted by Gasteiger charge is 2.32. The Kier molecular flexibility index (Phi) is 5.45. The molecule has 0 spiro atoms. The number of hydrogen-bond acceptors (Lipinski definition) is 3. The van der Waals surface area contributed by atoms with Crippen LogP contribution in [0.5, 0.6) is 0 Å². The second-order valence-electron chi connectivity index (χ2n) is 5.51. The maximum Gasteiger partial charge on any atom is 0.239 e. The van der Waals surface area contributed by atoms with E-state index in [0.717, 1.165) is 51.8 Å². The number of piperidine rings is 1. The van der Waals surface area contributed by atoms with Crippen LogP contribution in [0.4, 0.5) is 0 Å². The molecule has 1 aliphatic carbocycles. The molecular formula is C14H26N2O2. The predicted molar refractivity (Wildman–Crippen MR) is 71.5 cm³/mol. The van der Waals surface area contributed by atoms with Gasteiger partial charge in [0.15, 0.2) is 0 Å². The van der Waals surface area contributed by atoms with E-state index in [1.54, 1.807) is 7.11 Å². The van der Waals surface area contributed by atoms with Gasteiger partial charge >= 0.3 is 0 Å². The van der Waals surface area contributed by atoms with E-state index in [-0.39, 0.29) is 6.04 Å². The van der Waals surface area contributed by atoms with Crippen molar-refractivity contribution >= 4 is 5.91 Å². The largest absolute Gasteiger partial charge is 0.385 e. The summed E-state index contributed by atoms with van der Waals surface area (Å²) in [4.78, 5) is 14.3. The summed E-state index contributed by atoms with van der Waals surface area (Å²) in [7, 11) is 1.74. The van der Waals surface area contributed by atoms with Crippen molar-refractivity contribution in [3.63, 3.8) is 0 Å². The van der Waals surface area contributed by atoms with E-state index in [1.165, 1.54) is 12.8 Å². The quantitative estimate of drug-likeness (QED) is 0.668. The van der Waals surface area contributed by atoms with Gasteiger partial charge in [0, 0.05) is 32.8 Å². The van der Waals surface area contributed by atoms with Crippen LogP contribution in [0.2, 0.25) is 0 Å². The van der Waals surface area contributed by atoms with Gasteiger partial charge in [0.25, 0.3) is 0 Å². The summed E-state index contributed by atoms with van der Waals surface area (Å²) >= 11 is 0. The summed E-state index contributed by atoms with van der Waals surface area (Å²) in [5.74, 6) is 0.333. The summed E-state index contributed by atoms with van der Waals surface area (Å²) in [6, 6.07) is 0.728. The van der Waals surface area contributed by atoms with Gasteiger partial charge in [0.1, 0.15) is 0 Å². The zero-order valence-corrected chi connectivity index (χ0v) is 11.5. The Morgan fingerprint density at radius 3 is 2.83 bits per heavy atom. The molecule has 2 rings (SSSR count). The monoisotopic (exact) mass is 254 g/mol. The number of ether oxygens (including phenoxy) is 1. The van der Waals surface area contributed by atoms with E-state index < -0.39 is 0 Å². The fourth-order valence-corrected chi connectivity index (χ4v) is 2.58. The smallest absolute Gasteiger partial charge is 0.239 e. The molecule has 0 aromatic heterocycles. The summed E-state index contributed by atoms with van der Waals surface area (Å²) in [5, 5.41) is 3.47. The zero-order chi connectivity index (χ0) is 12.8. The standard InChI is InChI=1S/C14H26N2O2/c1-18-11-4-2-3-9-16-10-5-6-13(14(16)17)15-12-7-8-12/h12-13,15H,2-11H2,1H3. The third-order valence-electron chi connectivity index (χ3n) is 3.82. The number of rotatable bonds is 8. The fourth-order valence-electron chi connectivity index (χ4n) is 2.58. The minimum absolute atomic E-state index is 0.102. The van der Waals surface area contributed by atoms with Gasteiger partial charge in [-0.3, -0.25) is 4.79 Å². The minimum Gasteiger partial charge on any atom is -0.385 e. The average Bonchev–Trinajstić information content (AvgIpc) is 3.17. The molecule has 104 valence electrons. The van der Waals surface area contributed by atoms with Crippen molar-refractivity contribution in [3.8, 4) is 0 Å². The molecule has 0 aromatic carbocycles. The molecule has 0 radical (unpaired) electrons. The Morgan fingerprint density at radius 1 is 1.28 bits per heavy atom. The normalized spacial score (nSPS) is 24.6. The first-order valence-electron chi connectivity index (χ1n) is 7.35. The second-order valence-corrected chi connectivity index (χ2v) is 5.51. The molecule has 1 N–H and O–H groups in total. The van der Waals surface area contributed by atoms with Crippen LogP contribution in [0.1, 0.15) is 44.9 Å². The van der Waals surface area contributed by atoms with Gasteiger partial charge in [-0.15, -0.1) is 0 Å². The molecule has 1 unspecified atom stereocenters. The lowest BCUT2D eigenvalue weighted by Crippen LogP contribution is -2.51. The van der Waals surface area contributed by atoms with E-state index >= 15 is 0 Å². The van der Waals surface area contributed by atoms with Gasteiger partial charge in [-0.1, -0.05) is 0 Å². The highest BCUT2D eigenvalue weighted by atomic mass is 16.5. The van der Waals surface area contributed by atoms with Crippen molar-refractivity contribution in [2.75, 3.05) is 26.8 Å². The Bertz CT molecular complexity index is 267. The van der Waals surface area contributed by atoms with Crippen molar-refractivity contribution in [2.45, 2.75) is 57.0 Å². The number of amides is 1. The van der Waals surface area contributed by atoms with Crippen LogP contribution < -0.4 is 5.32 Å². The predicted octanol–water partition coefficient (Wildman–Crippen LogP) is 1.55. The van der Waals surface area contributed by atoms with E-state index in [2.05, 4.69) is 10.2 Å². The van der Waals surface area contributed by atoms with Gasteiger partial charge in [0.2, 0.25) is 5.91 Å². The van der Waals surface area contributed by atoms with Crippen LogP contribution in [0, 0.1) is 0 Å². The SMILES string of the molecule is COCCCCCN1CCCC(NC2CC2)C1=O. The molecule has 0 aromatic rings. The lowest BCUT2D eigenvalue weighted by atomic mass is 10.0. The van der Waals surface area contributed by atoms with Crippen LogP contribution in [0.15, 0.2) is 0 Å². The maximum atomic E-state index is 12.2. The summed E-state index contributed by atoms with van der Waals surface area (Å²) < 4.78 is 5.03. The fraction of sp³-hybridized carbons (Fsp3) is 0.929. The van der Waals surface area contributed by atoms with Gasteiger partial charge in [-0.25, -0.2) is 0 Å². The topological polar surface area (TPSA) is 41.6 Å². The molecule has 1 aliphatic heterocycles. The first-order chi connectivity index (χ1) is 8.81. The van der Waals surface area contributed by atoms with E-state index in [1.807, 2.05) is 0 Å². The molecular weight excluding hydrogens is 228 g/mol. The van der Waals surface area contributed by atoms with Crippen molar-refractivity contribution in [3.05, 3.63) is 0 Å². The first-order valence-corrected chi connectivity index (χ1v) is 7.35. The molecule has 1 saturated carbocycles. The number of likely N-dealkylation sites (tertiary alicyclic amines) is 1. The molecule has 18 heavy (non-hydrogen) atoms. The number of carbonyl (C=O) groups is 1. The van der Waals surface area contributed by atoms with E-state index in [0.29, 0.717) is 11.9 Å². The van der Waals surface area contributed by atoms with E-state index in [9.17, 15) is 4.79 Å². The van der Waals surface area contributed by atoms with Crippen molar-refractivity contribution in [2.24, 2.45) is 0 Å². The molecule has 2 aliphatic rings. The minimum atomic E-state index is 0.102. The van der Waals surface area contributed by atoms with Crippen molar-refractivity contribution in [1.82, 2.24) is 10.2 Å². The number of hydrogen-bond donors (Lipinski definition) is 1. The molecule has 1 amide bonds. The van der Waals surface area contributed by atoms with Gasteiger partial charge in [-0.2, -0.15) is 0 Å². The Hall–Kier alpha value is -0.610. The summed E-state index contributed by atoms with van der Waals surface area (Å²) in [5.41, 5.74) is 0. The number of nitrogens with one attached hydrogen (secondary N) is 1. The average molecular weight is 254 g/mol. The lowest BCUT2D eigenvalue weighted by Gasteiger charge is -2.33. The third-order valence-corrected chi connectivity index (χ3v) is 3.82.